The number of ether oxygens (including phenoxy) is 1. The highest BCUT2D eigenvalue weighted by Crippen LogP contribution is 2.53. The van der Waals surface area contributed by atoms with Gasteiger partial charge < -0.3 is 10.1 Å². The first kappa shape index (κ1) is 19.1. The number of esters is 1. The molecule has 0 saturated heterocycles. The van der Waals surface area contributed by atoms with Crippen molar-refractivity contribution in [2.45, 2.75) is 59.4 Å². The van der Waals surface area contributed by atoms with E-state index in [1.54, 1.807) is 6.92 Å². The molecule has 1 atom stereocenters. The highest BCUT2D eigenvalue weighted by Gasteiger charge is 2.54. The van der Waals surface area contributed by atoms with Crippen LogP contribution in [-0.2, 0) is 23.9 Å². The van der Waals surface area contributed by atoms with Crippen LogP contribution in [0.3, 0.4) is 0 Å². The van der Waals surface area contributed by atoms with Crippen LogP contribution in [-0.4, -0.2) is 36.1 Å². The van der Waals surface area contributed by atoms with Crippen molar-refractivity contribution in [3.05, 3.63) is 22.3 Å². The van der Waals surface area contributed by atoms with Gasteiger partial charge in [-0.05, 0) is 57.3 Å². The van der Waals surface area contributed by atoms with Crippen molar-refractivity contribution >= 4 is 23.4 Å². The number of hydrogen-bond donors (Lipinski definition) is 1. The largest absolute Gasteiger partial charge is 0.467 e. The molecule has 2 aliphatic rings. The van der Waals surface area contributed by atoms with Crippen LogP contribution in [0.15, 0.2) is 22.3 Å². The lowest BCUT2D eigenvalue weighted by molar-refractivity contribution is -0.149. The molecule has 136 valence electrons. The van der Waals surface area contributed by atoms with Crippen molar-refractivity contribution in [3.8, 4) is 0 Å². The van der Waals surface area contributed by atoms with Gasteiger partial charge in [0.25, 0.3) is 0 Å². The monoisotopic (exact) mass is 347 g/mol. The van der Waals surface area contributed by atoms with Crippen LogP contribution in [0.1, 0.15) is 53.9 Å². The van der Waals surface area contributed by atoms with Gasteiger partial charge in [-0.1, -0.05) is 5.57 Å². The van der Waals surface area contributed by atoms with E-state index < -0.39 is 16.9 Å². The number of fused-ring (bicyclic) bond motifs is 1. The van der Waals surface area contributed by atoms with E-state index in [-0.39, 0.29) is 30.3 Å². The second-order valence-electron chi connectivity index (χ2n) is 7.17. The molecule has 0 aromatic carbocycles. The maximum Gasteiger partial charge on any atom is 0.336 e. The Morgan fingerprint density at radius 1 is 0.920 bits per heavy atom. The summed E-state index contributed by atoms with van der Waals surface area (Å²) in [6.07, 6.45) is 0.887. The molecule has 1 amide bonds. The lowest BCUT2D eigenvalue weighted by atomic mass is 9.74. The van der Waals surface area contributed by atoms with Crippen molar-refractivity contribution in [2.75, 3.05) is 7.11 Å². The third kappa shape index (κ3) is 2.73. The second-order valence-corrected chi connectivity index (χ2v) is 7.17. The van der Waals surface area contributed by atoms with Crippen LogP contribution in [0, 0.1) is 5.41 Å². The van der Waals surface area contributed by atoms with Gasteiger partial charge in [0.1, 0.15) is 11.6 Å². The minimum Gasteiger partial charge on any atom is -0.467 e. The van der Waals surface area contributed by atoms with Crippen molar-refractivity contribution in [1.29, 1.82) is 0 Å². The molecule has 0 radical (unpaired) electrons. The number of allylic oxidation sites excluding steroid dienone is 2. The van der Waals surface area contributed by atoms with Crippen LogP contribution in [0.4, 0.5) is 0 Å². The van der Waals surface area contributed by atoms with Gasteiger partial charge in [-0.25, -0.2) is 4.79 Å². The zero-order valence-electron chi connectivity index (χ0n) is 15.7. The highest BCUT2D eigenvalue weighted by molar-refractivity contribution is 6.07. The molecule has 0 spiro atoms. The van der Waals surface area contributed by atoms with E-state index in [0.717, 1.165) is 16.7 Å². The van der Waals surface area contributed by atoms with Gasteiger partial charge in [0, 0.05) is 13.3 Å². The summed E-state index contributed by atoms with van der Waals surface area (Å²) in [4.78, 5) is 48.9. The maximum absolute atomic E-state index is 12.6. The Morgan fingerprint density at radius 3 is 1.88 bits per heavy atom. The molecule has 25 heavy (non-hydrogen) atoms. The number of rotatable bonds is 4. The molecule has 0 heterocycles. The normalized spacial score (nSPS) is 24.7. The average molecular weight is 347 g/mol. The standard InChI is InChI=1S/C19H25NO5/c1-10-7-19(17(24)25-6,20-14(5)23)11(2)16-9-18(12(3)21,13(4)22)8-15(10)16/h7-9H2,1-6H3,(H,20,23)/t19-/m0/s1. The van der Waals surface area contributed by atoms with E-state index in [0.29, 0.717) is 12.0 Å². The number of carbonyl (C=O) groups is 4. The Morgan fingerprint density at radius 2 is 1.44 bits per heavy atom. The van der Waals surface area contributed by atoms with E-state index in [2.05, 4.69) is 5.32 Å². The predicted molar refractivity (Wildman–Crippen MR) is 91.6 cm³/mol. The van der Waals surface area contributed by atoms with E-state index in [1.807, 2.05) is 6.92 Å². The van der Waals surface area contributed by atoms with Crippen LogP contribution in [0.5, 0.6) is 0 Å². The zero-order valence-corrected chi connectivity index (χ0v) is 15.7. The van der Waals surface area contributed by atoms with Gasteiger partial charge in [-0.3, -0.25) is 14.4 Å². The molecule has 0 unspecified atom stereocenters. The quantitative estimate of drug-likeness (QED) is 0.621. The van der Waals surface area contributed by atoms with Crippen molar-refractivity contribution < 1.29 is 23.9 Å². The molecule has 2 rings (SSSR count). The Kier molecular flexibility index (Phi) is 4.77. The average Bonchev–Trinajstić information content (AvgIpc) is 2.94. The fourth-order valence-corrected chi connectivity index (χ4v) is 4.18. The van der Waals surface area contributed by atoms with Gasteiger partial charge in [-0.15, -0.1) is 0 Å². The van der Waals surface area contributed by atoms with Gasteiger partial charge >= 0.3 is 5.97 Å². The molecular weight excluding hydrogens is 322 g/mol. The molecule has 0 aromatic rings. The van der Waals surface area contributed by atoms with Crippen LogP contribution in [0.2, 0.25) is 0 Å². The molecule has 1 fully saturated rings. The fraction of sp³-hybridized carbons (Fsp3) is 0.579. The Balaban J connectivity index is 2.68. The molecular formula is C19H25NO5. The van der Waals surface area contributed by atoms with Crippen molar-refractivity contribution in [1.82, 2.24) is 5.32 Å². The number of methoxy groups -OCH3 is 1. The Hall–Kier alpha value is -2.24. The fourth-order valence-electron chi connectivity index (χ4n) is 4.18. The number of carbonyl (C=O) groups excluding carboxylic acids is 4. The molecule has 0 aromatic heterocycles. The molecule has 1 N–H and O–H groups in total. The van der Waals surface area contributed by atoms with Gasteiger partial charge in [0.2, 0.25) is 5.91 Å². The number of ketones is 2. The van der Waals surface area contributed by atoms with Crippen LogP contribution in [0.25, 0.3) is 0 Å². The van der Waals surface area contributed by atoms with E-state index >= 15 is 0 Å². The first-order valence-electron chi connectivity index (χ1n) is 8.30. The first-order chi connectivity index (χ1) is 11.5. The molecule has 0 bridgehead atoms. The maximum atomic E-state index is 12.6. The van der Waals surface area contributed by atoms with E-state index in [9.17, 15) is 19.2 Å². The number of hydrogen-bond acceptors (Lipinski definition) is 5. The highest BCUT2D eigenvalue weighted by atomic mass is 16.5. The van der Waals surface area contributed by atoms with Gasteiger partial charge in [0.05, 0.1) is 12.5 Å². The molecule has 1 saturated carbocycles. The number of amides is 1. The van der Waals surface area contributed by atoms with E-state index in [4.69, 9.17) is 4.74 Å². The van der Waals surface area contributed by atoms with Gasteiger partial charge in [-0.2, -0.15) is 0 Å². The number of nitrogens with one attached hydrogen (secondary N) is 1. The summed E-state index contributed by atoms with van der Waals surface area (Å²) in [5, 5.41) is 2.75. The third-order valence-corrected chi connectivity index (χ3v) is 5.73. The zero-order chi connectivity index (χ0) is 19.2. The summed E-state index contributed by atoms with van der Waals surface area (Å²) < 4.78 is 4.96. The lowest BCUT2D eigenvalue weighted by Gasteiger charge is -2.38. The minimum atomic E-state index is -1.28. The summed E-state index contributed by atoms with van der Waals surface area (Å²) in [5.74, 6) is -1.23. The molecule has 2 aliphatic carbocycles. The topological polar surface area (TPSA) is 89.5 Å². The summed E-state index contributed by atoms with van der Waals surface area (Å²) in [5.41, 5.74) is 0.952. The number of Topliss-reactive ketones (excluding diaryl/α,β-unsaturated/α-hetero) is 2. The summed E-state index contributed by atoms with van der Waals surface area (Å²) in [7, 11) is 1.28. The van der Waals surface area contributed by atoms with Crippen LogP contribution >= 0.6 is 0 Å². The third-order valence-electron chi connectivity index (χ3n) is 5.73. The van der Waals surface area contributed by atoms with Crippen molar-refractivity contribution in [3.63, 3.8) is 0 Å². The molecule has 6 heteroatoms. The summed E-state index contributed by atoms with van der Waals surface area (Å²) in [6.45, 7) is 7.86. The molecule has 0 aliphatic heterocycles. The van der Waals surface area contributed by atoms with Crippen molar-refractivity contribution in [2.24, 2.45) is 5.41 Å². The lowest BCUT2D eigenvalue weighted by Crippen LogP contribution is -2.57. The second kappa shape index (κ2) is 6.24. The Labute approximate surface area is 147 Å². The van der Waals surface area contributed by atoms with Crippen LogP contribution < -0.4 is 5.32 Å². The van der Waals surface area contributed by atoms with E-state index in [1.165, 1.54) is 27.9 Å². The smallest absolute Gasteiger partial charge is 0.336 e. The van der Waals surface area contributed by atoms with Gasteiger partial charge in [0.15, 0.2) is 5.54 Å². The molecule has 6 nitrogen and oxygen atoms in total. The summed E-state index contributed by atoms with van der Waals surface area (Å²) >= 11 is 0. The SMILES string of the molecule is COC(=O)[C@]1(NC(C)=O)CC(C)=C2CC(C(C)=O)(C(C)=O)CC2=C1C. The summed E-state index contributed by atoms with van der Waals surface area (Å²) in [6, 6.07) is 0. The minimum absolute atomic E-state index is 0.168. The predicted octanol–water partition coefficient (Wildman–Crippen LogP) is 2.03. The Bertz CT molecular complexity index is 729. The first-order valence-corrected chi connectivity index (χ1v) is 8.30.